The fourth-order valence-corrected chi connectivity index (χ4v) is 11.6. The number of benzene rings is 9. The lowest BCUT2D eigenvalue weighted by Gasteiger charge is -2.28. The van der Waals surface area contributed by atoms with Gasteiger partial charge in [-0.05, 0) is 157 Å². The summed E-state index contributed by atoms with van der Waals surface area (Å²) in [5.41, 5.74) is 24.5. The van der Waals surface area contributed by atoms with Crippen LogP contribution in [-0.4, -0.2) is 0 Å². The maximum atomic E-state index is 7.09. The summed E-state index contributed by atoms with van der Waals surface area (Å²) in [5, 5.41) is 4.58. The van der Waals surface area contributed by atoms with Crippen LogP contribution >= 0.6 is 0 Å². The molecule has 13 rings (SSSR count). The van der Waals surface area contributed by atoms with Gasteiger partial charge in [0.15, 0.2) is 11.2 Å². The molecule has 0 aliphatic heterocycles. The zero-order valence-corrected chi connectivity index (χ0v) is 39.9. The zero-order chi connectivity index (χ0) is 46.4. The van der Waals surface area contributed by atoms with Crippen LogP contribution in [0, 0.1) is 27.7 Å². The van der Waals surface area contributed by atoms with E-state index in [-0.39, 0.29) is 10.8 Å². The molecule has 68 heavy (non-hydrogen) atoms. The number of furan rings is 2. The lowest BCUT2D eigenvalue weighted by atomic mass is 9.79. The van der Waals surface area contributed by atoms with Gasteiger partial charge in [0.05, 0.1) is 11.4 Å². The zero-order valence-electron chi connectivity index (χ0n) is 39.9. The van der Waals surface area contributed by atoms with E-state index >= 15 is 0 Å². The summed E-state index contributed by atoms with van der Waals surface area (Å²) in [4.78, 5) is 4.77. The highest BCUT2D eigenvalue weighted by molar-refractivity contribution is 6.21. The minimum absolute atomic E-state index is 0.356. The molecule has 0 saturated heterocycles. The van der Waals surface area contributed by atoms with Crippen molar-refractivity contribution in [2.24, 2.45) is 0 Å². The summed E-state index contributed by atoms with van der Waals surface area (Å²) in [7, 11) is 0. The molecule has 4 heteroatoms. The number of rotatable bonds is 6. The Morgan fingerprint density at radius 1 is 0.353 bits per heavy atom. The smallest absolute Gasteiger partial charge is 0.160 e. The summed E-state index contributed by atoms with van der Waals surface area (Å²) in [5.74, 6) is 0. The molecule has 330 valence electrons. The van der Waals surface area contributed by atoms with E-state index in [1.165, 1.54) is 66.8 Å². The van der Waals surface area contributed by atoms with Crippen LogP contribution < -0.4 is 9.80 Å². The standard InChI is InChI=1S/C64H52N2O2/c1-37-17-25-41(26-18-37)65(42-27-19-38(2)20-28-42)53-35-51-57(59-45-13-9-11-15-55(45)67-61(53)59)47-33-50-48(34-49(47)63(51,5)6)58-52(64(50,7)8)36-54(62-60(58)46-14-10-12-16-56(46)68-62)66(43-29-21-39(3)22-30-43)44-31-23-40(4)24-32-44/h9-36H,1-8H3. The Balaban J connectivity index is 1.08. The van der Waals surface area contributed by atoms with Gasteiger partial charge in [-0.25, -0.2) is 0 Å². The first kappa shape index (κ1) is 40.5. The second-order valence-corrected chi connectivity index (χ2v) is 20.4. The predicted molar refractivity (Wildman–Crippen MR) is 284 cm³/mol. The predicted octanol–water partition coefficient (Wildman–Crippen LogP) is 18.3. The van der Waals surface area contributed by atoms with Crippen molar-refractivity contribution < 1.29 is 8.83 Å². The van der Waals surface area contributed by atoms with Gasteiger partial charge in [0.25, 0.3) is 0 Å². The quantitative estimate of drug-likeness (QED) is 0.167. The van der Waals surface area contributed by atoms with Gasteiger partial charge >= 0.3 is 0 Å². The lowest BCUT2D eigenvalue weighted by molar-refractivity contribution is 0.650. The molecule has 0 saturated carbocycles. The number of aryl methyl sites for hydroxylation is 4. The Hall–Kier alpha value is -7.82. The van der Waals surface area contributed by atoms with E-state index in [1.54, 1.807) is 0 Å². The van der Waals surface area contributed by atoms with Crippen molar-refractivity contribution in [3.63, 3.8) is 0 Å². The van der Waals surface area contributed by atoms with Gasteiger partial charge in [-0.1, -0.05) is 135 Å². The highest BCUT2D eigenvalue weighted by Crippen LogP contribution is 2.62. The number of fused-ring (bicyclic) bond motifs is 14. The molecule has 4 nitrogen and oxygen atoms in total. The molecule has 0 bridgehead atoms. The first-order chi connectivity index (χ1) is 32.9. The molecule has 2 aliphatic carbocycles. The molecule has 0 spiro atoms. The third-order valence-corrected chi connectivity index (χ3v) is 15.3. The monoisotopic (exact) mass is 880 g/mol. The van der Waals surface area contributed by atoms with E-state index < -0.39 is 0 Å². The Labute approximate surface area is 397 Å². The average molecular weight is 881 g/mol. The van der Waals surface area contributed by atoms with Gasteiger partial charge in [-0.3, -0.25) is 0 Å². The van der Waals surface area contributed by atoms with E-state index in [4.69, 9.17) is 8.83 Å². The van der Waals surface area contributed by atoms with E-state index in [0.29, 0.717) is 0 Å². The van der Waals surface area contributed by atoms with Crippen LogP contribution in [0.25, 0.3) is 66.1 Å². The highest BCUT2D eigenvalue weighted by Gasteiger charge is 2.45. The summed E-state index contributed by atoms with van der Waals surface area (Å²) >= 11 is 0. The molecular weight excluding hydrogens is 829 g/mol. The van der Waals surface area contributed by atoms with Crippen molar-refractivity contribution in [3.05, 3.63) is 214 Å². The largest absolute Gasteiger partial charge is 0.454 e. The number of nitrogens with zero attached hydrogens (tertiary/aromatic N) is 2. The second kappa shape index (κ2) is 14.3. The fourth-order valence-electron chi connectivity index (χ4n) is 11.6. The molecule has 11 aromatic rings. The minimum atomic E-state index is -0.356. The van der Waals surface area contributed by atoms with Crippen molar-refractivity contribution in [2.75, 3.05) is 9.80 Å². The molecule has 0 N–H and O–H groups in total. The average Bonchev–Trinajstić information content (AvgIpc) is 4.04. The van der Waals surface area contributed by atoms with E-state index in [9.17, 15) is 0 Å². The van der Waals surface area contributed by atoms with Gasteiger partial charge in [-0.2, -0.15) is 0 Å². The second-order valence-electron chi connectivity index (χ2n) is 20.4. The van der Waals surface area contributed by atoms with Gasteiger partial charge in [0.2, 0.25) is 0 Å². The summed E-state index contributed by atoms with van der Waals surface area (Å²) in [6, 6.07) is 62.6. The normalized spacial score (nSPS) is 14.1. The first-order valence-corrected chi connectivity index (χ1v) is 23.9. The van der Waals surface area contributed by atoms with Gasteiger partial charge in [0.1, 0.15) is 11.2 Å². The lowest BCUT2D eigenvalue weighted by Crippen LogP contribution is -2.18. The highest BCUT2D eigenvalue weighted by atomic mass is 16.3. The molecule has 0 unspecified atom stereocenters. The third-order valence-electron chi connectivity index (χ3n) is 15.3. The molecule has 0 radical (unpaired) electrons. The number of para-hydroxylation sites is 2. The Morgan fingerprint density at radius 3 is 0.985 bits per heavy atom. The minimum Gasteiger partial charge on any atom is -0.454 e. The number of hydrogen-bond donors (Lipinski definition) is 0. The third kappa shape index (κ3) is 5.73. The number of hydrogen-bond acceptors (Lipinski definition) is 4. The van der Waals surface area contributed by atoms with Crippen molar-refractivity contribution in [1.29, 1.82) is 0 Å². The molecule has 2 heterocycles. The van der Waals surface area contributed by atoms with Crippen LogP contribution in [0.15, 0.2) is 179 Å². The molecule has 0 amide bonds. The van der Waals surface area contributed by atoms with Crippen LogP contribution in [0.2, 0.25) is 0 Å². The van der Waals surface area contributed by atoms with Crippen molar-refractivity contribution in [2.45, 2.75) is 66.2 Å². The summed E-state index contributed by atoms with van der Waals surface area (Å²) in [6.07, 6.45) is 0. The van der Waals surface area contributed by atoms with E-state index in [2.05, 4.69) is 235 Å². The molecule has 0 fully saturated rings. The van der Waals surface area contributed by atoms with Crippen LogP contribution in [0.4, 0.5) is 34.1 Å². The molecule has 2 aromatic heterocycles. The maximum Gasteiger partial charge on any atom is 0.160 e. The maximum absolute atomic E-state index is 7.09. The first-order valence-electron chi connectivity index (χ1n) is 23.9. The Kier molecular flexibility index (Phi) is 8.53. The number of anilines is 6. The Bertz CT molecular complexity index is 3520. The van der Waals surface area contributed by atoms with Crippen LogP contribution in [0.1, 0.15) is 72.2 Å². The van der Waals surface area contributed by atoms with Crippen LogP contribution in [-0.2, 0) is 10.8 Å². The molecule has 9 aromatic carbocycles. The van der Waals surface area contributed by atoms with E-state index in [0.717, 1.165) is 78.0 Å². The van der Waals surface area contributed by atoms with Crippen LogP contribution in [0.5, 0.6) is 0 Å². The topological polar surface area (TPSA) is 32.8 Å². The fraction of sp³-hybridized carbons (Fsp3) is 0.156. The Morgan fingerprint density at radius 2 is 0.662 bits per heavy atom. The van der Waals surface area contributed by atoms with Crippen molar-refractivity contribution in [3.8, 4) is 22.3 Å². The summed E-state index contributed by atoms with van der Waals surface area (Å²) < 4.78 is 14.2. The van der Waals surface area contributed by atoms with Crippen LogP contribution in [0.3, 0.4) is 0 Å². The molecule has 2 aliphatic rings. The van der Waals surface area contributed by atoms with Gasteiger partial charge in [-0.15, -0.1) is 0 Å². The molecular formula is C64H52N2O2. The van der Waals surface area contributed by atoms with Crippen molar-refractivity contribution in [1.82, 2.24) is 0 Å². The van der Waals surface area contributed by atoms with Gasteiger partial charge < -0.3 is 18.6 Å². The summed E-state index contributed by atoms with van der Waals surface area (Å²) in [6.45, 7) is 18.2. The van der Waals surface area contributed by atoms with Gasteiger partial charge in [0, 0.05) is 55.1 Å². The molecule has 0 atom stereocenters. The van der Waals surface area contributed by atoms with E-state index in [1.807, 2.05) is 0 Å². The SMILES string of the molecule is Cc1ccc(N(c2ccc(C)cc2)c2cc3c(c4c2oc2ccccc24)-c2cc4c(cc2C3(C)C)-c2c(cc(N(c3ccc(C)cc3)c3ccc(C)cc3)c3oc5ccccc5c23)C4(C)C)cc1. The van der Waals surface area contributed by atoms with Crippen molar-refractivity contribution >= 4 is 78.0 Å².